The number of rotatable bonds is 5. The van der Waals surface area contributed by atoms with Crippen LogP contribution in [-0.2, 0) is 6.42 Å². The van der Waals surface area contributed by atoms with Gasteiger partial charge in [0.1, 0.15) is 12.2 Å². The van der Waals surface area contributed by atoms with Crippen molar-refractivity contribution in [1.29, 1.82) is 0 Å². The normalized spacial score (nSPS) is 11.1. The highest BCUT2D eigenvalue weighted by Gasteiger charge is 2.11. The highest BCUT2D eigenvalue weighted by Crippen LogP contribution is 2.19. The zero-order valence-electron chi connectivity index (χ0n) is 15.8. The Labute approximate surface area is 179 Å². The molecular formula is C19H15BrN10. The first-order valence-corrected chi connectivity index (χ1v) is 9.85. The molecule has 0 spiro atoms. The van der Waals surface area contributed by atoms with Crippen LogP contribution in [-0.4, -0.2) is 44.7 Å². The van der Waals surface area contributed by atoms with E-state index in [-0.39, 0.29) is 0 Å². The van der Waals surface area contributed by atoms with Crippen molar-refractivity contribution in [3.8, 4) is 11.4 Å². The van der Waals surface area contributed by atoms with E-state index in [4.69, 9.17) is 0 Å². The highest BCUT2D eigenvalue weighted by atomic mass is 79.9. The molecule has 0 aliphatic rings. The lowest BCUT2D eigenvalue weighted by Gasteiger charge is -2.05. The third kappa shape index (κ3) is 3.74. The van der Waals surface area contributed by atoms with Crippen molar-refractivity contribution in [3.05, 3.63) is 70.7 Å². The van der Waals surface area contributed by atoms with Crippen molar-refractivity contribution in [2.75, 3.05) is 5.32 Å². The van der Waals surface area contributed by atoms with Crippen molar-refractivity contribution < 1.29 is 0 Å². The smallest absolute Gasteiger partial charge is 0.228 e. The molecule has 0 unspecified atom stereocenters. The lowest BCUT2D eigenvalue weighted by Crippen LogP contribution is -2.01. The van der Waals surface area contributed by atoms with Crippen LogP contribution >= 0.6 is 15.9 Å². The number of hydrogen-bond donors (Lipinski definition) is 2. The number of fused-ring (bicyclic) bond motifs is 1. The minimum absolute atomic E-state index is 0.435. The second-order valence-corrected chi connectivity index (χ2v) is 7.55. The maximum atomic E-state index is 4.54. The minimum Gasteiger partial charge on any atom is -0.307 e. The van der Waals surface area contributed by atoms with E-state index in [0.717, 1.165) is 21.6 Å². The van der Waals surface area contributed by atoms with Gasteiger partial charge in [-0.15, -0.1) is 10.2 Å². The Morgan fingerprint density at radius 2 is 2.03 bits per heavy atom. The monoisotopic (exact) mass is 462 g/mol. The molecule has 0 saturated heterocycles. The molecule has 30 heavy (non-hydrogen) atoms. The fraction of sp³-hybridized carbons (Fsp3) is 0.105. The molecular weight excluding hydrogens is 448 g/mol. The molecule has 10 nitrogen and oxygen atoms in total. The standard InChI is InChI=1S/C19H15BrN10/c1-11-4-16(27-26-11)25-19-22-3-2-14(24-19)15-7-18-29-28-17(30(18)10-23-15)6-12-5-13(20)9-21-8-12/h2-5,7-10H,6H2,1H3,(H2,22,24,25,26,27). The number of aromatic amines is 1. The van der Waals surface area contributed by atoms with Gasteiger partial charge in [0.2, 0.25) is 5.95 Å². The van der Waals surface area contributed by atoms with Gasteiger partial charge in [0.05, 0.1) is 11.4 Å². The van der Waals surface area contributed by atoms with E-state index >= 15 is 0 Å². The number of aryl methyl sites for hydroxylation is 1. The van der Waals surface area contributed by atoms with Gasteiger partial charge in [-0.3, -0.25) is 14.5 Å². The third-order valence-electron chi connectivity index (χ3n) is 4.36. The molecule has 0 aliphatic heterocycles. The number of pyridine rings is 1. The van der Waals surface area contributed by atoms with Gasteiger partial charge in [0, 0.05) is 47.3 Å². The molecule has 0 bridgehead atoms. The van der Waals surface area contributed by atoms with Gasteiger partial charge in [0.25, 0.3) is 0 Å². The first-order valence-electron chi connectivity index (χ1n) is 9.05. The molecule has 11 heteroatoms. The maximum absolute atomic E-state index is 4.54. The number of H-pyrrole nitrogens is 1. The largest absolute Gasteiger partial charge is 0.307 e. The van der Waals surface area contributed by atoms with Crippen LogP contribution in [0, 0.1) is 6.92 Å². The molecule has 0 radical (unpaired) electrons. The molecule has 0 fully saturated rings. The number of nitrogens with one attached hydrogen (secondary N) is 2. The van der Waals surface area contributed by atoms with Crippen molar-refractivity contribution in [1.82, 2.24) is 44.7 Å². The third-order valence-corrected chi connectivity index (χ3v) is 4.79. The van der Waals surface area contributed by atoms with E-state index in [0.29, 0.717) is 35.2 Å². The maximum Gasteiger partial charge on any atom is 0.228 e. The van der Waals surface area contributed by atoms with E-state index in [9.17, 15) is 0 Å². The number of nitrogens with zero attached hydrogens (tertiary/aromatic N) is 8. The summed E-state index contributed by atoms with van der Waals surface area (Å²) >= 11 is 3.44. The lowest BCUT2D eigenvalue weighted by molar-refractivity contribution is 0.914. The fourth-order valence-corrected chi connectivity index (χ4v) is 3.41. The Kier molecular flexibility index (Phi) is 4.64. The predicted molar refractivity (Wildman–Crippen MR) is 113 cm³/mol. The Hall–Kier alpha value is -3.73. The van der Waals surface area contributed by atoms with E-state index in [1.54, 1.807) is 24.8 Å². The van der Waals surface area contributed by atoms with Gasteiger partial charge >= 0.3 is 0 Å². The van der Waals surface area contributed by atoms with Crippen molar-refractivity contribution in [2.45, 2.75) is 13.3 Å². The Morgan fingerprint density at radius 3 is 2.87 bits per heavy atom. The Morgan fingerprint density at radius 1 is 1.10 bits per heavy atom. The average Bonchev–Trinajstić information content (AvgIpc) is 3.34. The first-order chi connectivity index (χ1) is 14.6. The summed E-state index contributed by atoms with van der Waals surface area (Å²) < 4.78 is 2.78. The summed E-state index contributed by atoms with van der Waals surface area (Å²) in [5.41, 5.74) is 4.01. The Balaban J connectivity index is 1.42. The van der Waals surface area contributed by atoms with Crippen molar-refractivity contribution in [3.63, 3.8) is 0 Å². The molecule has 0 aliphatic carbocycles. The predicted octanol–water partition coefficient (Wildman–Crippen LogP) is 3.10. The quantitative estimate of drug-likeness (QED) is 0.408. The average molecular weight is 463 g/mol. The van der Waals surface area contributed by atoms with E-state index in [2.05, 4.69) is 61.6 Å². The molecule has 148 valence electrons. The van der Waals surface area contributed by atoms with Gasteiger partial charge in [-0.25, -0.2) is 15.0 Å². The number of anilines is 2. The summed E-state index contributed by atoms with van der Waals surface area (Å²) in [6.45, 7) is 1.93. The van der Waals surface area contributed by atoms with Crippen LogP contribution in [0.5, 0.6) is 0 Å². The number of hydrogen-bond acceptors (Lipinski definition) is 8. The second-order valence-electron chi connectivity index (χ2n) is 6.63. The molecule has 5 aromatic rings. The number of halogens is 1. The van der Waals surface area contributed by atoms with E-state index in [1.165, 1.54) is 0 Å². The topological polar surface area (TPSA) is 122 Å². The Bertz CT molecular complexity index is 1340. The van der Waals surface area contributed by atoms with Crippen LogP contribution in [0.2, 0.25) is 0 Å². The van der Waals surface area contributed by atoms with E-state index in [1.807, 2.05) is 35.7 Å². The molecule has 0 saturated carbocycles. The van der Waals surface area contributed by atoms with Gasteiger partial charge in [0.15, 0.2) is 11.5 Å². The summed E-state index contributed by atoms with van der Waals surface area (Å²) in [7, 11) is 0. The summed E-state index contributed by atoms with van der Waals surface area (Å²) in [6.07, 6.45) is 7.53. The molecule has 5 heterocycles. The van der Waals surface area contributed by atoms with Crippen molar-refractivity contribution in [2.24, 2.45) is 0 Å². The van der Waals surface area contributed by atoms with Crippen LogP contribution in [0.3, 0.4) is 0 Å². The van der Waals surface area contributed by atoms with Gasteiger partial charge < -0.3 is 5.32 Å². The summed E-state index contributed by atoms with van der Waals surface area (Å²) in [6, 6.07) is 7.52. The van der Waals surface area contributed by atoms with E-state index < -0.39 is 0 Å². The SMILES string of the molecule is Cc1cc(Nc2nccc(-c3cc4nnc(Cc5cncc(Br)c5)n4cn3)n2)n[nH]1. The zero-order valence-corrected chi connectivity index (χ0v) is 17.4. The number of aromatic nitrogens is 9. The van der Waals surface area contributed by atoms with Gasteiger partial charge in [-0.2, -0.15) is 5.10 Å². The lowest BCUT2D eigenvalue weighted by atomic mass is 10.2. The summed E-state index contributed by atoms with van der Waals surface area (Å²) in [5.74, 6) is 1.87. The molecule has 0 atom stereocenters. The molecule has 0 aromatic carbocycles. The van der Waals surface area contributed by atoms with Crippen LogP contribution in [0.25, 0.3) is 17.0 Å². The van der Waals surface area contributed by atoms with Crippen LogP contribution in [0.1, 0.15) is 17.1 Å². The summed E-state index contributed by atoms with van der Waals surface area (Å²) in [4.78, 5) is 17.5. The highest BCUT2D eigenvalue weighted by molar-refractivity contribution is 9.10. The fourth-order valence-electron chi connectivity index (χ4n) is 3.00. The van der Waals surface area contributed by atoms with Gasteiger partial charge in [-0.1, -0.05) is 0 Å². The van der Waals surface area contributed by atoms with Crippen LogP contribution < -0.4 is 5.32 Å². The van der Waals surface area contributed by atoms with Gasteiger partial charge in [-0.05, 0) is 40.5 Å². The molecule has 0 amide bonds. The first kappa shape index (κ1) is 18.3. The second kappa shape index (κ2) is 7.59. The minimum atomic E-state index is 0.435. The van der Waals surface area contributed by atoms with Crippen molar-refractivity contribution >= 4 is 33.3 Å². The molecule has 5 rings (SSSR count). The molecule has 2 N–H and O–H groups in total. The van der Waals surface area contributed by atoms with Crippen LogP contribution in [0.4, 0.5) is 11.8 Å². The van der Waals surface area contributed by atoms with Crippen LogP contribution in [0.15, 0.2) is 53.7 Å². The zero-order chi connectivity index (χ0) is 20.5. The molecule has 5 aromatic heterocycles. The summed E-state index contributed by atoms with van der Waals surface area (Å²) in [5, 5.41) is 18.7.